The highest BCUT2D eigenvalue weighted by molar-refractivity contribution is 14.0. The number of hydrogen-bond acceptors (Lipinski definition) is 4. The van der Waals surface area contributed by atoms with E-state index in [-0.39, 0.29) is 24.0 Å². The zero-order valence-corrected chi connectivity index (χ0v) is 18.0. The van der Waals surface area contributed by atoms with Crippen LogP contribution in [-0.2, 0) is 17.7 Å². The fraction of sp³-hybridized carbons (Fsp3) is 0.706. The maximum absolute atomic E-state index is 5.37. The van der Waals surface area contributed by atoms with Gasteiger partial charge < -0.3 is 15.4 Å². The van der Waals surface area contributed by atoms with Gasteiger partial charge >= 0.3 is 0 Å². The van der Waals surface area contributed by atoms with Gasteiger partial charge in [0, 0.05) is 35.9 Å². The van der Waals surface area contributed by atoms with Crippen molar-refractivity contribution in [2.24, 2.45) is 4.99 Å². The Labute approximate surface area is 167 Å². The first-order valence-corrected chi connectivity index (χ1v) is 9.53. The molecule has 0 aromatic carbocycles. The summed E-state index contributed by atoms with van der Waals surface area (Å²) in [6.45, 7) is 11.9. The third-order valence-electron chi connectivity index (χ3n) is 3.85. The molecule has 1 fully saturated rings. The number of aliphatic imine (C=N–C) groups is 1. The minimum absolute atomic E-state index is 0. The second-order valence-corrected chi connectivity index (χ2v) is 6.90. The Hall–Kier alpha value is -0.380. The van der Waals surface area contributed by atoms with Crippen LogP contribution in [0.2, 0.25) is 0 Å². The number of ether oxygens (including phenoxy) is 1. The normalized spacial score (nSPS) is 15.8. The zero-order chi connectivity index (χ0) is 16.3. The summed E-state index contributed by atoms with van der Waals surface area (Å²) in [5, 5.41) is 6.76. The van der Waals surface area contributed by atoms with Gasteiger partial charge in [-0.3, -0.25) is 4.90 Å². The van der Waals surface area contributed by atoms with E-state index in [0.29, 0.717) is 0 Å². The van der Waals surface area contributed by atoms with Crippen LogP contribution in [0.25, 0.3) is 0 Å². The van der Waals surface area contributed by atoms with Crippen LogP contribution in [-0.4, -0.2) is 56.8 Å². The first kappa shape index (κ1) is 21.7. The molecule has 0 amide bonds. The van der Waals surface area contributed by atoms with Gasteiger partial charge in [0.05, 0.1) is 19.8 Å². The standard InChI is InChI=1S/C17H30N4OS.HI/c1-3-15-6-7-16(23-15)14-20-17(18-4-2)19-8-5-9-21-10-12-22-13-11-21;/h6-7H,3-5,8-14H2,1-2H3,(H2,18,19,20);1H. The molecule has 5 nitrogen and oxygen atoms in total. The van der Waals surface area contributed by atoms with Crippen molar-refractivity contribution in [3.63, 3.8) is 0 Å². The number of morpholine rings is 1. The van der Waals surface area contributed by atoms with Gasteiger partial charge in [-0.1, -0.05) is 6.92 Å². The SMILES string of the molecule is CCNC(=NCc1ccc(CC)s1)NCCCN1CCOCC1.I. The molecule has 0 radical (unpaired) electrons. The predicted octanol–water partition coefficient (Wildman–Crippen LogP) is 2.71. The second kappa shape index (κ2) is 12.9. The lowest BCUT2D eigenvalue weighted by Crippen LogP contribution is -2.40. The van der Waals surface area contributed by atoms with Crippen LogP contribution in [0.1, 0.15) is 30.0 Å². The Balaban J connectivity index is 0.00000288. The van der Waals surface area contributed by atoms with E-state index in [1.165, 1.54) is 9.75 Å². The van der Waals surface area contributed by atoms with Crippen LogP contribution in [0.3, 0.4) is 0 Å². The van der Waals surface area contributed by atoms with Crippen molar-refractivity contribution < 1.29 is 4.74 Å². The summed E-state index contributed by atoms with van der Waals surface area (Å²) in [6, 6.07) is 4.40. The average molecular weight is 466 g/mol. The first-order chi connectivity index (χ1) is 11.3. The number of hydrogen-bond donors (Lipinski definition) is 2. The lowest BCUT2D eigenvalue weighted by Gasteiger charge is -2.26. The number of guanidine groups is 1. The average Bonchev–Trinajstić information content (AvgIpc) is 3.05. The van der Waals surface area contributed by atoms with Crippen LogP contribution in [0.4, 0.5) is 0 Å². The van der Waals surface area contributed by atoms with Gasteiger partial charge in [-0.15, -0.1) is 35.3 Å². The first-order valence-electron chi connectivity index (χ1n) is 8.71. The Morgan fingerprint density at radius 2 is 1.96 bits per heavy atom. The summed E-state index contributed by atoms with van der Waals surface area (Å²) in [7, 11) is 0. The highest BCUT2D eigenvalue weighted by atomic mass is 127. The summed E-state index contributed by atoms with van der Waals surface area (Å²) < 4.78 is 5.37. The zero-order valence-electron chi connectivity index (χ0n) is 14.8. The molecule has 0 saturated carbocycles. The fourth-order valence-electron chi connectivity index (χ4n) is 2.53. The molecule has 1 aliphatic heterocycles. The van der Waals surface area contributed by atoms with E-state index in [2.05, 4.69) is 46.5 Å². The molecule has 0 bridgehead atoms. The Morgan fingerprint density at radius 3 is 2.62 bits per heavy atom. The summed E-state index contributed by atoms with van der Waals surface area (Å²) in [5.41, 5.74) is 0. The topological polar surface area (TPSA) is 48.9 Å². The highest BCUT2D eigenvalue weighted by Gasteiger charge is 2.09. The van der Waals surface area contributed by atoms with Gasteiger partial charge in [-0.05, 0) is 38.4 Å². The number of nitrogens with one attached hydrogen (secondary N) is 2. The molecule has 24 heavy (non-hydrogen) atoms. The Kier molecular flexibility index (Phi) is 11.7. The van der Waals surface area contributed by atoms with Gasteiger partial charge in [0.15, 0.2) is 5.96 Å². The largest absolute Gasteiger partial charge is 0.379 e. The number of thiophene rings is 1. The fourth-order valence-corrected chi connectivity index (χ4v) is 3.41. The van der Waals surface area contributed by atoms with E-state index in [9.17, 15) is 0 Å². The molecular formula is C17H31IN4OS. The number of aryl methyl sites for hydroxylation is 1. The summed E-state index contributed by atoms with van der Waals surface area (Å²) in [5.74, 6) is 0.918. The molecular weight excluding hydrogens is 435 g/mol. The van der Waals surface area contributed by atoms with Gasteiger partial charge in [0.25, 0.3) is 0 Å². The molecule has 1 saturated heterocycles. The van der Waals surface area contributed by atoms with Crippen LogP contribution in [0.5, 0.6) is 0 Å². The van der Waals surface area contributed by atoms with Crippen molar-refractivity contribution in [1.82, 2.24) is 15.5 Å². The molecule has 1 aliphatic rings. The summed E-state index contributed by atoms with van der Waals surface area (Å²) >= 11 is 1.86. The van der Waals surface area contributed by atoms with Crippen molar-refractivity contribution in [3.05, 3.63) is 21.9 Å². The van der Waals surface area contributed by atoms with E-state index in [4.69, 9.17) is 4.74 Å². The Morgan fingerprint density at radius 1 is 1.21 bits per heavy atom. The van der Waals surface area contributed by atoms with Crippen LogP contribution < -0.4 is 10.6 Å². The van der Waals surface area contributed by atoms with Gasteiger partial charge in [-0.25, -0.2) is 4.99 Å². The maximum atomic E-state index is 5.37. The predicted molar refractivity (Wildman–Crippen MR) is 114 cm³/mol. The van der Waals surface area contributed by atoms with Crippen LogP contribution in [0.15, 0.2) is 17.1 Å². The number of rotatable bonds is 8. The second-order valence-electron chi connectivity index (χ2n) is 5.65. The van der Waals surface area contributed by atoms with Crippen molar-refractivity contribution in [2.75, 3.05) is 45.9 Å². The molecule has 0 aliphatic carbocycles. The Bertz CT molecular complexity index is 475. The molecule has 2 heterocycles. The van der Waals surface area contributed by atoms with E-state index in [1.807, 2.05) is 11.3 Å². The van der Waals surface area contributed by atoms with Crippen molar-refractivity contribution in [2.45, 2.75) is 33.2 Å². The molecule has 0 unspecified atom stereocenters. The molecule has 0 spiro atoms. The van der Waals surface area contributed by atoms with Crippen molar-refractivity contribution in [3.8, 4) is 0 Å². The maximum Gasteiger partial charge on any atom is 0.191 e. The monoisotopic (exact) mass is 466 g/mol. The van der Waals surface area contributed by atoms with Crippen LogP contribution in [0, 0.1) is 0 Å². The molecule has 1 aromatic heterocycles. The minimum atomic E-state index is 0. The van der Waals surface area contributed by atoms with Gasteiger partial charge in [0.1, 0.15) is 0 Å². The lowest BCUT2D eigenvalue weighted by atomic mass is 10.3. The molecule has 7 heteroatoms. The molecule has 0 atom stereocenters. The van der Waals surface area contributed by atoms with E-state index < -0.39 is 0 Å². The van der Waals surface area contributed by atoms with E-state index in [1.54, 1.807) is 0 Å². The van der Waals surface area contributed by atoms with Crippen LogP contribution >= 0.6 is 35.3 Å². The molecule has 2 rings (SSSR count). The third kappa shape index (κ3) is 8.13. The van der Waals surface area contributed by atoms with E-state index >= 15 is 0 Å². The quantitative estimate of drug-likeness (QED) is 0.268. The number of nitrogens with zero attached hydrogens (tertiary/aromatic N) is 2. The molecule has 2 N–H and O–H groups in total. The number of halogens is 1. The van der Waals surface area contributed by atoms with Crippen molar-refractivity contribution in [1.29, 1.82) is 0 Å². The molecule has 1 aromatic rings. The highest BCUT2D eigenvalue weighted by Crippen LogP contribution is 2.17. The van der Waals surface area contributed by atoms with Crippen molar-refractivity contribution >= 4 is 41.3 Å². The third-order valence-corrected chi connectivity index (χ3v) is 5.06. The lowest BCUT2D eigenvalue weighted by molar-refractivity contribution is 0.0376. The van der Waals surface area contributed by atoms with Gasteiger partial charge in [-0.2, -0.15) is 0 Å². The summed E-state index contributed by atoms with van der Waals surface area (Å²) in [6.07, 6.45) is 2.23. The molecule has 138 valence electrons. The van der Waals surface area contributed by atoms with E-state index in [0.717, 1.165) is 71.3 Å². The van der Waals surface area contributed by atoms with Gasteiger partial charge in [0.2, 0.25) is 0 Å². The minimum Gasteiger partial charge on any atom is -0.379 e. The smallest absolute Gasteiger partial charge is 0.191 e. The summed E-state index contributed by atoms with van der Waals surface area (Å²) in [4.78, 5) is 9.91.